The van der Waals surface area contributed by atoms with Crippen LogP contribution >= 0.6 is 0 Å². The van der Waals surface area contributed by atoms with Crippen LogP contribution in [0.1, 0.15) is 27.7 Å². The van der Waals surface area contributed by atoms with Gasteiger partial charge in [-0.1, -0.05) is 13.2 Å². The summed E-state index contributed by atoms with van der Waals surface area (Å²) in [6, 6.07) is 0. The van der Waals surface area contributed by atoms with E-state index in [4.69, 9.17) is 9.47 Å². The second-order valence-electron chi connectivity index (χ2n) is 4.79. The molecule has 4 heteroatoms. The molecule has 0 aromatic heterocycles. The Kier molecular flexibility index (Phi) is 5.56. The molecule has 0 spiro atoms. The number of esters is 2. The fourth-order valence-electron chi connectivity index (χ4n) is 0.806. The first-order valence-corrected chi connectivity index (χ1v) is 5.53. The fourth-order valence-corrected chi connectivity index (χ4v) is 0.806. The van der Waals surface area contributed by atoms with Crippen molar-refractivity contribution in [3.05, 3.63) is 37.5 Å². The molecular weight excluding hydrogens is 232 g/mol. The van der Waals surface area contributed by atoms with Gasteiger partial charge >= 0.3 is 11.9 Å². The third-order valence-corrected chi connectivity index (χ3v) is 2.07. The average Bonchev–Trinajstić information content (AvgIpc) is 2.25. The highest BCUT2D eigenvalue weighted by molar-refractivity contribution is 5.92. The van der Waals surface area contributed by atoms with Gasteiger partial charge in [0.2, 0.25) is 0 Å². The zero-order chi connectivity index (χ0) is 14.4. The highest BCUT2D eigenvalue weighted by Crippen LogP contribution is 2.12. The standard InChI is InChI=1S/C14H20O4/c1-7-13(3,4)17-11(15)9-10-12(16)18-14(5,6)8-2/h7-10H,1-2H2,3-6H3/b10-9-. The van der Waals surface area contributed by atoms with E-state index in [1.807, 2.05) is 0 Å². The predicted molar refractivity (Wildman–Crippen MR) is 69.9 cm³/mol. The van der Waals surface area contributed by atoms with E-state index in [9.17, 15) is 9.59 Å². The molecule has 0 aromatic carbocycles. The Morgan fingerprint density at radius 3 is 1.33 bits per heavy atom. The maximum atomic E-state index is 11.4. The van der Waals surface area contributed by atoms with Gasteiger partial charge in [0.15, 0.2) is 0 Å². The van der Waals surface area contributed by atoms with Crippen molar-refractivity contribution in [1.82, 2.24) is 0 Å². The molecule has 0 saturated carbocycles. The van der Waals surface area contributed by atoms with Crippen LogP contribution in [0.3, 0.4) is 0 Å². The molecule has 0 N–H and O–H groups in total. The number of carbonyl (C=O) groups is 2. The summed E-state index contributed by atoms with van der Waals surface area (Å²) in [6.45, 7) is 13.8. The van der Waals surface area contributed by atoms with E-state index in [-0.39, 0.29) is 0 Å². The van der Waals surface area contributed by atoms with Crippen molar-refractivity contribution in [2.24, 2.45) is 0 Å². The van der Waals surface area contributed by atoms with E-state index in [1.54, 1.807) is 27.7 Å². The molecule has 0 aromatic rings. The minimum atomic E-state index is -0.772. The van der Waals surface area contributed by atoms with Crippen LogP contribution in [0.25, 0.3) is 0 Å². The molecule has 0 unspecified atom stereocenters. The number of carbonyl (C=O) groups excluding carboxylic acids is 2. The first-order chi connectivity index (χ1) is 8.12. The lowest BCUT2D eigenvalue weighted by molar-refractivity contribution is -0.149. The summed E-state index contributed by atoms with van der Waals surface area (Å²) in [6.07, 6.45) is 5.04. The Bertz CT molecular complexity index is 339. The lowest BCUT2D eigenvalue weighted by Gasteiger charge is -2.20. The monoisotopic (exact) mass is 252 g/mol. The van der Waals surface area contributed by atoms with Crippen molar-refractivity contribution >= 4 is 11.9 Å². The Labute approximate surface area is 108 Å². The lowest BCUT2D eigenvalue weighted by Crippen LogP contribution is -2.25. The van der Waals surface area contributed by atoms with Gasteiger partial charge in [-0.15, -0.1) is 0 Å². The van der Waals surface area contributed by atoms with Crippen molar-refractivity contribution < 1.29 is 19.1 Å². The van der Waals surface area contributed by atoms with Crippen LogP contribution in [0.15, 0.2) is 37.5 Å². The van der Waals surface area contributed by atoms with Gasteiger partial charge in [0, 0.05) is 12.2 Å². The van der Waals surface area contributed by atoms with E-state index in [1.165, 1.54) is 12.2 Å². The summed E-state index contributed by atoms with van der Waals surface area (Å²) in [4.78, 5) is 22.7. The van der Waals surface area contributed by atoms with Crippen LogP contribution in [0.5, 0.6) is 0 Å². The van der Waals surface area contributed by atoms with E-state index in [0.717, 1.165) is 12.2 Å². The molecule has 0 aliphatic heterocycles. The van der Waals surface area contributed by atoms with Crippen LogP contribution < -0.4 is 0 Å². The molecule has 0 aliphatic carbocycles. The van der Waals surface area contributed by atoms with Crippen molar-refractivity contribution in [2.45, 2.75) is 38.9 Å². The van der Waals surface area contributed by atoms with Crippen LogP contribution in [0, 0.1) is 0 Å². The minimum absolute atomic E-state index is 0.631. The SMILES string of the molecule is C=CC(C)(C)OC(=O)/C=C\C(=O)OC(C)(C)C=C. The number of hydrogen-bond donors (Lipinski definition) is 0. The van der Waals surface area contributed by atoms with Crippen LogP contribution in [-0.4, -0.2) is 23.1 Å². The van der Waals surface area contributed by atoms with Gasteiger partial charge in [0.25, 0.3) is 0 Å². The molecule has 0 radical (unpaired) electrons. The quantitative estimate of drug-likeness (QED) is 0.414. The lowest BCUT2D eigenvalue weighted by atomic mass is 10.1. The molecule has 0 aliphatic rings. The third-order valence-electron chi connectivity index (χ3n) is 2.07. The van der Waals surface area contributed by atoms with Crippen molar-refractivity contribution in [1.29, 1.82) is 0 Å². The molecule has 0 amide bonds. The van der Waals surface area contributed by atoms with Gasteiger partial charge < -0.3 is 9.47 Å². The first kappa shape index (κ1) is 16.2. The van der Waals surface area contributed by atoms with Gasteiger partial charge in [-0.25, -0.2) is 9.59 Å². The largest absolute Gasteiger partial charge is 0.452 e. The van der Waals surface area contributed by atoms with Crippen molar-refractivity contribution in [3.63, 3.8) is 0 Å². The number of ether oxygens (including phenoxy) is 2. The Balaban J connectivity index is 4.40. The van der Waals surface area contributed by atoms with E-state index in [0.29, 0.717) is 0 Å². The van der Waals surface area contributed by atoms with Crippen LogP contribution in [0.4, 0.5) is 0 Å². The maximum absolute atomic E-state index is 11.4. The van der Waals surface area contributed by atoms with Crippen molar-refractivity contribution in [2.75, 3.05) is 0 Å². The summed E-state index contributed by atoms with van der Waals surface area (Å²) < 4.78 is 10.0. The highest BCUT2D eigenvalue weighted by Gasteiger charge is 2.19. The topological polar surface area (TPSA) is 52.6 Å². The van der Waals surface area contributed by atoms with Crippen LogP contribution in [0.2, 0.25) is 0 Å². The van der Waals surface area contributed by atoms with E-state index >= 15 is 0 Å². The minimum Gasteiger partial charge on any atom is -0.452 e. The van der Waals surface area contributed by atoms with Gasteiger partial charge in [0.05, 0.1) is 0 Å². The second kappa shape index (κ2) is 6.19. The number of hydrogen-bond acceptors (Lipinski definition) is 4. The first-order valence-electron chi connectivity index (χ1n) is 5.53. The zero-order valence-corrected chi connectivity index (χ0v) is 11.4. The Morgan fingerprint density at radius 2 is 1.11 bits per heavy atom. The molecule has 0 atom stereocenters. The smallest absolute Gasteiger partial charge is 0.331 e. The molecule has 4 nitrogen and oxygen atoms in total. The summed E-state index contributed by atoms with van der Waals surface area (Å²) in [5.74, 6) is -1.26. The summed E-state index contributed by atoms with van der Waals surface area (Å²) >= 11 is 0. The van der Waals surface area contributed by atoms with Gasteiger partial charge in [-0.3, -0.25) is 0 Å². The zero-order valence-electron chi connectivity index (χ0n) is 11.4. The molecule has 100 valence electrons. The molecular formula is C14H20O4. The fraction of sp³-hybridized carbons (Fsp3) is 0.429. The Hall–Kier alpha value is -1.84. The van der Waals surface area contributed by atoms with Crippen LogP contribution in [-0.2, 0) is 19.1 Å². The predicted octanol–water partition coefficient (Wildman–Crippen LogP) is 2.56. The van der Waals surface area contributed by atoms with Gasteiger partial charge in [-0.05, 0) is 39.8 Å². The summed E-state index contributed by atoms with van der Waals surface area (Å²) in [7, 11) is 0. The molecule has 0 heterocycles. The maximum Gasteiger partial charge on any atom is 0.331 e. The van der Waals surface area contributed by atoms with Crippen molar-refractivity contribution in [3.8, 4) is 0 Å². The molecule has 0 bridgehead atoms. The Morgan fingerprint density at radius 1 is 0.833 bits per heavy atom. The molecule has 18 heavy (non-hydrogen) atoms. The number of rotatable bonds is 6. The van der Waals surface area contributed by atoms with Gasteiger partial charge in [-0.2, -0.15) is 0 Å². The summed E-state index contributed by atoms with van der Waals surface area (Å²) in [5, 5.41) is 0. The molecule has 0 rings (SSSR count). The normalized spacial score (nSPS) is 12.0. The average molecular weight is 252 g/mol. The second-order valence-corrected chi connectivity index (χ2v) is 4.79. The van der Waals surface area contributed by atoms with E-state index < -0.39 is 23.1 Å². The van der Waals surface area contributed by atoms with Gasteiger partial charge in [0.1, 0.15) is 11.2 Å². The molecule has 0 saturated heterocycles. The molecule has 0 fully saturated rings. The van der Waals surface area contributed by atoms with E-state index in [2.05, 4.69) is 13.2 Å². The summed E-state index contributed by atoms with van der Waals surface area (Å²) in [5.41, 5.74) is -1.54. The third kappa shape index (κ3) is 6.68. The highest BCUT2D eigenvalue weighted by atomic mass is 16.6.